The van der Waals surface area contributed by atoms with Crippen LogP contribution in [0.2, 0.25) is 0 Å². The van der Waals surface area contributed by atoms with E-state index in [9.17, 15) is 0 Å². The van der Waals surface area contributed by atoms with Gasteiger partial charge in [0.1, 0.15) is 17.4 Å². The molecule has 0 aliphatic heterocycles. The van der Waals surface area contributed by atoms with E-state index in [0.29, 0.717) is 0 Å². The number of hydrogen-bond acceptors (Lipinski definition) is 5. The van der Waals surface area contributed by atoms with Crippen LogP contribution < -0.4 is 5.32 Å². The summed E-state index contributed by atoms with van der Waals surface area (Å²) in [4.78, 5) is 9.86. The third-order valence-electron chi connectivity index (χ3n) is 2.80. The Hall–Kier alpha value is -1.95. The molecule has 0 aliphatic carbocycles. The second-order valence-electron chi connectivity index (χ2n) is 4.06. The monoisotopic (exact) mass is 259 g/mol. The Morgan fingerprint density at radius 1 is 1.39 bits per heavy atom. The van der Waals surface area contributed by atoms with Gasteiger partial charge in [-0.3, -0.25) is 4.68 Å². The van der Waals surface area contributed by atoms with E-state index in [-0.39, 0.29) is 0 Å². The SMILES string of the molecule is Cc1nn(C)c2c(NCc3cccs3)ncnc12. The molecule has 0 saturated carbocycles. The fourth-order valence-electron chi connectivity index (χ4n) is 1.99. The van der Waals surface area contributed by atoms with Crippen molar-refractivity contribution in [3.63, 3.8) is 0 Å². The molecule has 3 rings (SSSR count). The van der Waals surface area contributed by atoms with Crippen LogP contribution >= 0.6 is 11.3 Å². The summed E-state index contributed by atoms with van der Waals surface area (Å²) in [6.45, 7) is 2.73. The summed E-state index contributed by atoms with van der Waals surface area (Å²) in [5.41, 5.74) is 2.78. The summed E-state index contributed by atoms with van der Waals surface area (Å²) in [6, 6.07) is 4.15. The smallest absolute Gasteiger partial charge is 0.156 e. The van der Waals surface area contributed by atoms with Gasteiger partial charge in [-0.15, -0.1) is 11.3 Å². The molecule has 0 spiro atoms. The number of nitrogens with one attached hydrogen (secondary N) is 1. The van der Waals surface area contributed by atoms with Crippen molar-refractivity contribution in [3.8, 4) is 0 Å². The van der Waals surface area contributed by atoms with Gasteiger partial charge in [-0.2, -0.15) is 5.10 Å². The fraction of sp³-hybridized carbons (Fsp3) is 0.250. The van der Waals surface area contributed by atoms with Gasteiger partial charge >= 0.3 is 0 Å². The Bertz CT molecular complexity index is 671. The number of rotatable bonds is 3. The predicted molar refractivity (Wildman–Crippen MR) is 72.7 cm³/mol. The van der Waals surface area contributed by atoms with E-state index in [1.54, 1.807) is 17.7 Å². The van der Waals surface area contributed by atoms with Crippen molar-refractivity contribution in [2.75, 3.05) is 5.32 Å². The first-order valence-electron chi connectivity index (χ1n) is 5.66. The Labute approximate surface area is 109 Å². The molecule has 0 saturated heterocycles. The molecule has 3 heterocycles. The first-order chi connectivity index (χ1) is 8.75. The normalized spacial score (nSPS) is 11.0. The molecule has 0 atom stereocenters. The van der Waals surface area contributed by atoms with Gasteiger partial charge in [0, 0.05) is 11.9 Å². The van der Waals surface area contributed by atoms with E-state index in [1.807, 2.05) is 24.7 Å². The van der Waals surface area contributed by atoms with Crippen molar-refractivity contribution in [3.05, 3.63) is 34.4 Å². The van der Waals surface area contributed by atoms with Crippen molar-refractivity contribution >= 4 is 28.2 Å². The number of anilines is 1. The van der Waals surface area contributed by atoms with Crippen LogP contribution in [0.5, 0.6) is 0 Å². The van der Waals surface area contributed by atoms with Crippen molar-refractivity contribution < 1.29 is 0 Å². The van der Waals surface area contributed by atoms with Gasteiger partial charge in [-0.1, -0.05) is 6.07 Å². The Morgan fingerprint density at radius 2 is 2.28 bits per heavy atom. The molecule has 0 amide bonds. The predicted octanol–water partition coefficient (Wildman–Crippen LogP) is 2.35. The van der Waals surface area contributed by atoms with Crippen LogP contribution in [-0.4, -0.2) is 19.7 Å². The second kappa shape index (κ2) is 4.38. The van der Waals surface area contributed by atoms with Gasteiger partial charge in [-0.05, 0) is 18.4 Å². The molecule has 0 bridgehead atoms. The standard InChI is InChI=1S/C12H13N5S/c1-8-10-11(17(2)16-8)12(15-7-14-10)13-6-9-4-3-5-18-9/h3-5,7H,6H2,1-2H3,(H,13,14,15). The highest BCUT2D eigenvalue weighted by Gasteiger charge is 2.11. The zero-order valence-corrected chi connectivity index (χ0v) is 11.0. The number of fused-ring (bicyclic) bond motifs is 1. The maximum Gasteiger partial charge on any atom is 0.156 e. The minimum absolute atomic E-state index is 0.772. The lowest BCUT2D eigenvalue weighted by Gasteiger charge is -2.05. The highest BCUT2D eigenvalue weighted by Crippen LogP contribution is 2.21. The fourth-order valence-corrected chi connectivity index (χ4v) is 2.63. The van der Waals surface area contributed by atoms with Crippen LogP contribution in [-0.2, 0) is 13.6 Å². The quantitative estimate of drug-likeness (QED) is 0.784. The highest BCUT2D eigenvalue weighted by molar-refractivity contribution is 7.09. The van der Waals surface area contributed by atoms with Crippen LogP contribution in [0.1, 0.15) is 10.6 Å². The van der Waals surface area contributed by atoms with E-state index in [1.165, 1.54) is 4.88 Å². The summed E-state index contributed by atoms with van der Waals surface area (Å²) in [7, 11) is 1.91. The number of aryl methyl sites for hydroxylation is 2. The Morgan fingerprint density at radius 3 is 3.06 bits per heavy atom. The minimum atomic E-state index is 0.772. The van der Waals surface area contributed by atoms with E-state index in [2.05, 4.69) is 31.8 Å². The summed E-state index contributed by atoms with van der Waals surface area (Å²) >= 11 is 1.73. The minimum Gasteiger partial charge on any atom is -0.363 e. The topological polar surface area (TPSA) is 55.6 Å². The van der Waals surface area contributed by atoms with Crippen LogP contribution in [0.15, 0.2) is 23.8 Å². The largest absolute Gasteiger partial charge is 0.363 e. The first-order valence-corrected chi connectivity index (χ1v) is 6.54. The van der Waals surface area contributed by atoms with Crippen molar-refractivity contribution in [1.82, 2.24) is 19.7 Å². The molecule has 0 aliphatic rings. The van der Waals surface area contributed by atoms with E-state index >= 15 is 0 Å². The zero-order valence-electron chi connectivity index (χ0n) is 10.2. The number of aromatic nitrogens is 4. The molecule has 1 N–H and O–H groups in total. The van der Waals surface area contributed by atoms with Gasteiger partial charge in [-0.25, -0.2) is 9.97 Å². The molecular weight excluding hydrogens is 246 g/mol. The molecule has 18 heavy (non-hydrogen) atoms. The van der Waals surface area contributed by atoms with Gasteiger partial charge in [0.25, 0.3) is 0 Å². The number of hydrogen-bond donors (Lipinski definition) is 1. The van der Waals surface area contributed by atoms with Gasteiger partial charge in [0.05, 0.1) is 12.2 Å². The summed E-state index contributed by atoms with van der Waals surface area (Å²) in [5, 5.41) is 9.79. The van der Waals surface area contributed by atoms with Crippen molar-refractivity contribution in [1.29, 1.82) is 0 Å². The molecule has 5 nitrogen and oxygen atoms in total. The molecule has 3 aromatic heterocycles. The van der Waals surface area contributed by atoms with E-state index in [4.69, 9.17) is 0 Å². The molecule has 0 radical (unpaired) electrons. The Balaban J connectivity index is 1.96. The van der Waals surface area contributed by atoms with Crippen molar-refractivity contribution in [2.45, 2.75) is 13.5 Å². The second-order valence-corrected chi connectivity index (χ2v) is 5.09. The first kappa shape index (κ1) is 11.2. The van der Waals surface area contributed by atoms with Crippen LogP contribution in [0.4, 0.5) is 5.82 Å². The lowest BCUT2D eigenvalue weighted by atomic mass is 10.3. The zero-order chi connectivity index (χ0) is 12.5. The highest BCUT2D eigenvalue weighted by atomic mass is 32.1. The summed E-state index contributed by atoms with van der Waals surface area (Å²) in [5.74, 6) is 0.830. The maximum absolute atomic E-state index is 4.37. The average molecular weight is 259 g/mol. The molecule has 3 aromatic rings. The van der Waals surface area contributed by atoms with Crippen LogP contribution in [0, 0.1) is 6.92 Å². The molecule has 0 aromatic carbocycles. The molecule has 92 valence electrons. The third-order valence-corrected chi connectivity index (χ3v) is 3.68. The maximum atomic E-state index is 4.37. The van der Waals surface area contributed by atoms with Crippen LogP contribution in [0.25, 0.3) is 11.0 Å². The van der Waals surface area contributed by atoms with E-state index < -0.39 is 0 Å². The number of nitrogens with zero attached hydrogens (tertiary/aromatic N) is 4. The van der Waals surface area contributed by atoms with Crippen LogP contribution in [0.3, 0.4) is 0 Å². The lowest BCUT2D eigenvalue weighted by molar-refractivity contribution is 0.782. The van der Waals surface area contributed by atoms with Crippen molar-refractivity contribution in [2.24, 2.45) is 7.05 Å². The van der Waals surface area contributed by atoms with Gasteiger partial charge < -0.3 is 5.32 Å². The third kappa shape index (κ3) is 1.84. The average Bonchev–Trinajstić information content (AvgIpc) is 2.97. The molecule has 0 unspecified atom stereocenters. The molecule has 0 fully saturated rings. The Kier molecular flexibility index (Phi) is 2.71. The van der Waals surface area contributed by atoms with E-state index in [0.717, 1.165) is 29.1 Å². The molecular formula is C12H13N5S. The summed E-state index contributed by atoms with van der Waals surface area (Å²) < 4.78 is 1.82. The van der Waals surface area contributed by atoms with Gasteiger partial charge in [0.2, 0.25) is 0 Å². The summed E-state index contributed by atoms with van der Waals surface area (Å²) in [6.07, 6.45) is 1.58. The number of thiophene rings is 1. The lowest BCUT2D eigenvalue weighted by Crippen LogP contribution is -2.03. The molecule has 6 heteroatoms. The van der Waals surface area contributed by atoms with Gasteiger partial charge in [0.15, 0.2) is 5.82 Å².